The monoisotopic (exact) mass is 336 g/mol. The predicted molar refractivity (Wildman–Crippen MR) is 89.8 cm³/mol. The Morgan fingerprint density at radius 2 is 1.70 bits per heavy atom. The lowest BCUT2D eigenvalue weighted by molar-refractivity contribution is -0.134. The minimum Gasteiger partial charge on any atom is -0.336 e. The molecule has 0 aromatic heterocycles. The van der Waals surface area contributed by atoms with Gasteiger partial charge in [-0.1, -0.05) is 31.2 Å². The maximum atomic E-state index is 12.1. The Balaban J connectivity index is 1.79. The van der Waals surface area contributed by atoms with Crippen molar-refractivity contribution in [3.05, 3.63) is 35.4 Å². The highest BCUT2D eigenvalue weighted by Crippen LogP contribution is 2.28. The number of rotatable bonds is 3. The van der Waals surface area contributed by atoms with Gasteiger partial charge in [-0.05, 0) is 17.5 Å². The van der Waals surface area contributed by atoms with E-state index in [0.29, 0.717) is 6.54 Å². The molecule has 126 valence electrons. The Morgan fingerprint density at radius 3 is 2.30 bits per heavy atom. The van der Waals surface area contributed by atoms with E-state index in [0.717, 1.165) is 19.5 Å². The maximum absolute atomic E-state index is 12.1. The molecule has 2 saturated heterocycles. The van der Waals surface area contributed by atoms with E-state index >= 15 is 0 Å². The van der Waals surface area contributed by atoms with Gasteiger partial charge in [0.15, 0.2) is 9.84 Å². The van der Waals surface area contributed by atoms with Crippen LogP contribution in [0.3, 0.4) is 0 Å². The van der Waals surface area contributed by atoms with Gasteiger partial charge in [0.25, 0.3) is 0 Å². The molecule has 1 aromatic carbocycles. The molecular formula is C17H24N2O3S. The molecule has 2 aliphatic heterocycles. The minimum absolute atomic E-state index is 0.0240. The van der Waals surface area contributed by atoms with Crippen LogP contribution in [-0.4, -0.2) is 60.8 Å². The van der Waals surface area contributed by atoms with Crippen molar-refractivity contribution in [2.75, 3.05) is 24.6 Å². The first-order valence-corrected chi connectivity index (χ1v) is 10.0. The van der Waals surface area contributed by atoms with Crippen LogP contribution in [0.1, 0.15) is 25.0 Å². The van der Waals surface area contributed by atoms with Crippen LogP contribution in [0.4, 0.5) is 0 Å². The predicted octanol–water partition coefficient (Wildman–Crippen LogP) is 1.08. The van der Waals surface area contributed by atoms with Crippen molar-refractivity contribution < 1.29 is 13.2 Å². The molecule has 6 heteroatoms. The summed E-state index contributed by atoms with van der Waals surface area (Å²) in [6, 6.07) is 8.22. The minimum atomic E-state index is -3.07. The molecule has 0 saturated carbocycles. The summed E-state index contributed by atoms with van der Waals surface area (Å²) in [4.78, 5) is 15.8. The molecule has 0 radical (unpaired) electrons. The molecule has 0 bridgehead atoms. The fraction of sp³-hybridized carbons (Fsp3) is 0.588. The third kappa shape index (κ3) is 3.43. The molecule has 2 heterocycles. The number of aryl methyl sites for hydroxylation is 1. The molecule has 0 spiro atoms. The van der Waals surface area contributed by atoms with E-state index in [1.54, 1.807) is 4.90 Å². The highest BCUT2D eigenvalue weighted by Gasteiger charge is 2.47. The average molecular weight is 336 g/mol. The molecule has 2 atom stereocenters. The van der Waals surface area contributed by atoms with E-state index in [9.17, 15) is 13.2 Å². The normalized spacial score (nSPS) is 27.0. The smallest absolute Gasteiger partial charge is 0.219 e. The number of nitrogens with zero attached hydrogens (tertiary/aromatic N) is 2. The number of piperazine rings is 1. The fourth-order valence-corrected chi connectivity index (χ4v) is 5.74. The molecule has 2 fully saturated rings. The number of hydrogen-bond donors (Lipinski definition) is 0. The van der Waals surface area contributed by atoms with Gasteiger partial charge >= 0.3 is 0 Å². The van der Waals surface area contributed by atoms with E-state index in [-0.39, 0.29) is 29.5 Å². The molecule has 0 N–H and O–H groups in total. The highest BCUT2D eigenvalue weighted by atomic mass is 32.2. The lowest BCUT2D eigenvalue weighted by Crippen LogP contribution is -2.59. The number of carbonyl (C=O) groups is 1. The molecule has 0 aliphatic carbocycles. The zero-order chi connectivity index (χ0) is 16.6. The quantitative estimate of drug-likeness (QED) is 0.829. The summed E-state index contributed by atoms with van der Waals surface area (Å²) in [5.41, 5.74) is 2.50. The van der Waals surface area contributed by atoms with Crippen molar-refractivity contribution in [2.24, 2.45) is 0 Å². The Hall–Kier alpha value is -1.40. The van der Waals surface area contributed by atoms with Gasteiger partial charge < -0.3 is 4.90 Å². The lowest BCUT2D eigenvalue weighted by atomic mass is 10.0. The average Bonchev–Trinajstić information content (AvgIpc) is 2.83. The van der Waals surface area contributed by atoms with Crippen LogP contribution in [0.15, 0.2) is 24.3 Å². The van der Waals surface area contributed by atoms with Gasteiger partial charge in [-0.15, -0.1) is 0 Å². The molecule has 2 aliphatic rings. The van der Waals surface area contributed by atoms with Crippen LogP contribution >= 0.6 is 0 Å². The van der Waals surface area contributed by atoms with Crippen molar-refractivity contribution in [1.29, 1.82) is 0 Å². The summed E-state index contributed by atoms with van der Waals surface area (Å²) in [7, 11) is -3.07. The van der Waals surface area contributed by atoms with Gasteiger partial charge in [-0.25, -0.2) is 8.42 Å². The molecule has 23 heavy (non-hydrogen) atoms. The van der Waals surface area contributed by atoms with E-state index < -0.39 is 9.84 Å². The Kier molecular flexibility index (Phi) is 4.47. The lowest BCUT2D eigenvalue weighted by Gasteiger charge is -2.43. The second-order valence-corrected chi connectivity index (χ2v) is 8.72. The summed E-state index contributed by atoms with van der Waals surface area (Å²) in [5, 5.41) is 0. The number of fused-ring (bicyclic) bond motifs is 1. The molecule has 0 unspecified atom stereocenters. The summed E-state index contributed by atoms with van der Waals surface area (Å²) >= 11 is 0. The Bertz CT molecular complexity index is 684. The molecule has 5 nitrogen and oxygen atoms in total. The number of hydrogen-bond acceptors (Lipinski definition) is 4. The highest BCUT2D eigenvalue weighted by molar-refractivity contribution is 7.91. The van der Waals surface area contributed by atoms with E-state index in [2.05, 4.69) is 36.1 Å². The van der Waals surface area contributed by atoms with Gasteiger partial charge in [0.1, 0.15) is 0 Å². The molecule has 1 aromatic rings. The summed E-state index contributed by atoms with van der Waals surface area (Å²) in [6.45, 7) is 5.74. The second-order valence-electron chi connectivity index (χ2n) is 6.56. The first-order chi connectivity index (χ1) is 10.9. The van der Waals surface area contributed by atoms with Crippen molar-refractivity contribution in [1.82, 2.24) is 9.80 Å². The van der Waals surface area contributed by atoms with Gasteiger partial charge in [0.05, 0.1) is 17.5 Å². The van der Waals surface area contributed by atoms with Crippen molar-refractivity contribution in [3.63, 3.8) is 0 Å². The number of benzene rings is 1. The van der Waals surface area contributed by atoms with Crippen LogP contribution < -0.4 is 0 Å². The van der Waals surface area contributed by atoms with E-state index in [1.807, 2.05) is 0 Å². The Morgan fingerprint density at radius 1 is 1.09 bits per heavy atom. The zero-order valence-corrected chi connectivity index (χ0v) is 14.6. The maximum Gasteiger partial charge on any atom is 0.219 e. The van der Waals surface area contributed by atoms with E-state index in [1.165, 1.54) is 18.1 Å². The van der Waals surface area contributed by atoms with Crippen molar-refractivity contribution >= 4 is 15.7 Å². The van der Waals surface area contributed by atoms with Crippen LogP contribution in [0, 0.1) is 0 Å². The van der Waals surface area contributed by atoms with E-state index in [4.69, 9.17) is 0 Å². The second kappa shape index (κ2) is 6.24. The first kappa shape index (κ1) is 16.5. The van der Waals surface area contributed by atoms with Crippen LogP contribution in [0.2, 0.25) is 0 Å². The number of amides is 1. The number of carbonyl (C=O) groups excluding carboxylic acids is 1. The van der Waals surface area contributed by atoms with Crippen molar-refractivity contribution in [3.8, 4) is 0 Å². The van der Waals surface area contributed by atoms with Crippen molar-refractivity contribution in [2.45, 2.75) is 38.9 Å². The third-order valence-corrected chi connectivity index (χ3v) is 6.71. The summed E-state index contributed by atoms with van der Waals surface area (Å²) in [6.07, 6.45) is 1.01. The third-order valence-electron chi connectivity index (χ3n) is 5.01. The standard InChI is InChI=1S/C17H24N2O3S/c1-3-14-4-6-15(7-5-14)10-18-8-9-19(13(2)20)17-12-23(21,22)11-16(17)18/h4-7,16-17H,3,8-12H2,1-2H3/t16-,17+/m0/s1. The Labute approximate surface area is 138 Å². The van der Waals surface area contributed by atoms with Crippen LogP contribution in [0.25, 0.3) is 0 Å². The number of sulfone groups is 1. The largest absolute Gasteiger partial charge is 0.336 e. The summed E-state index contributed by atoms with van der Waals surface area (Å²) < 4.78 is 24.2. The zero-order valence-electron chi connectivity index (χ0n) is 13.7. The van der Waals surface area contributed by atoms with Gasteiger partial charge in [-0.3, -0.25) is 9.69 Å². The first-order valence-electron chi connectivity index (χ1n) is 8.19. The molecular weight excluding hydrogens is 312 g/mol. The van der Waals surface area contributed by atoms with Crippen LogP contribution in [0.5, 0.6) is 0 Å². The fourth-order valence-electron chi connectivity index (χ4n) is 3.73. The molecule has 1 amide bonds. The van der Waals surface area contributed by atoms with Gasteiger partial charge in [-0.2, -0.15) is 0 Å². The van der Waals surface area contributed by atoms with Gasteiger partial charge in [0, 0.05) is 32.6 Å². The SMILES string of the molecule is CCc1ccc(CN2CCN(C(C)=O)[C@@H]3CS(=O)(=O)C[C@@H]32)cc1. The summed E-state index contributed by atoms with van der Waals surface area (Å²) in [5.74, 6) is 0.237. The topological polar surface area (TPSA) is 57.7 Å². The van der Waals surface area contributed by atoms with Gasteiger partial charge in [0.2, 0.25) is 5.91 Å². The molecule has 3 rings (SSSR count). The van der Waals surface area contributed by atoms with Crippen LogP contribution in [-0.2, 0) is 27.6 Å².